The molecule has 0 aromatic heterocycles. The molecule has 5 heteroatoms. The highest BCUT2D eigenvalue weighted by Crippen LogP contribution is 2.39. The van der Waals surface area contributed by atoms with Crippen LogP contribution in [0.5, 0.6) is 0 Å². The molecular formula is C15H23NO3S. The van der Waals surface area contributed by atoms with E-state index in [0.29, 0.717) is 28.8 Å². The third kappa shape index (κ3) is 2.90. The Morgan fingerprint density at radius 2 is 1.95 bits per heavy atom. The minimum atomic E-state index is -3.48. The smallest absolute Gasteiger partial charge is 0.243 e. The van der Waals surface area contributed by atoms with Crippen molar-refractivity contribution in [1.82, 2.24) is 4.31 Å². The molecule has 4 nitrogen and oxygen atoms in total. The Bertz CT molecular complexity index is 610. The summed E-state index contributed by atoms with van der Waals surface area (Å²) in [7, 11) is -1.84. The molecule has 0 aliphatic heterocycles. The third-order valence-corrected chi connectivity index (χ3v) is 6.27. The minimum absolute atomic E-state index is 0.146. The van der Waals surface area contributed by atoms with E-state index in [-0.39, 0.29) is 6.61 Å². The summed E-state index contributed by atoms with van der Waals surface area (Å²) in [4.78, 5) is 0.317. The van der Waals surface area contributed by atoms with Gasteiger partial charge in [0.2, 0.25) is 10.0 Å². The zero-order valence-electron chi connectivity index (χ0n) is 12.5. The molecule has 1 aromatic carbocycles. The van der Waals surface area contributed by atoms with Crippen LogP contribution in [0, 0.1) is 25.7 Å². The van der Waals surface area contributed by atoms with Crippen LogP contribution >= 0.6 is 0 Å². The van der Waals surface area contributed by atoms with E-state index in [0.717, 1.165) is 17.5 Å². The molecule has 112 valence electrons. The summed E-state index contributed by atoms with van der Waals surface area (Å²) in [5.74, 6) is 1.11. The van der Waals surface area contributed by atoms with Crippen molar-refractivity contribution in [3.05, 3.63) is 28.8 Å². The van der Waals surface area contributed by atoms with Gasteiger partial charge in [-0.15, -0.1) is 0 Å². The zero-order chi connectivity index (χ0) is 15.1. The van der Waals surface area contributed by atoms with Crippen molar-refractivity contribution in [3.8, 4) is 0 Å². The van der Waals surface area contributed by atoms with Gasteiger partial charge in [0.1, 0.15) is 0 Å². The van der Waals surface area contributed by atoms with Crippen LogP contribution in [0.4, 0.5) is 0 Å². The molecule has 1 aromatic rings. The van der Waals surface area contributed by atoms with Crippen LogP contribution in [0.25, 0.3) is 0 Å². The fourth-order valence-electron chi connectivity index (χ4n) is 2.51. The lowest BCUT2D eigenvalue weighted by molar-refractivity contribution is 0.281. The number of nitrogens with zero attached hydrogens (tertiary/aromatic N) is 1. The maximum absolute atomic E-state index is 12.7. The van der Waals surface area contributed by atoms with Crippen molar-refractivity contribution in [2.45, 2.75) is 38.7 Å². The number of hydrogen-bond donors (Lipinski definition) is 1. The van der Waals surface area contributed by atoms with Crippen LogP contribution in [0.1, 0.15) is 30.0 Å². The van der Waals surface area contributed by atoms with E-state index in [1.165, 1.54) is 4.31 Å². The SMILES string of the molecule is Cc1cc(CO)cc(S(=O)(=O)N(C)CC2CC2C)c1C. The molecule has 2 unspecified atom stereocenters. The lowest BCUT2D eigenvalue weighted by atomic mass is 10.1. The van der Waals surface area contributed by atoms with Crippen LogP contribution in [0.2, 0.25) is 0 Å². The second kappa shape index (κ2) is 5.47. The van der Waals surface area contributed by atoms with E-state index in [2.05, 4.69) is 6.92 Å². The van der Waals surface area contributed by atoms with Gasteiger partial charge in [-0.25, -0.2) is 12.7 Å². The molecule has 1 fully saturated rings. The summed E-state index contributed by atoms with van der Waals surface area (Å²) in [5.41, 5.74) is 2.29. The van der Waals surface area contributed by atoms with Gasteiger partial charge < -0.3 is 5.11 Å². The fraction of sp³-hybridized carbons (Fsp3) is 0.600. The molecule has 1 N–H and O–H groups in total. The molecule has 0 amide bonds. The summed E-state index contributed by atoms with van der Waals surface area (Å²) in [6.45, 7) is 6.26. The maximum Gasteiger partial charge on any atom is 0.243 e. The van der Waals surface area contributed by atoms with Crippen LogP contribution in [0.15, 0.2) is 17.0 Å². The Morgan fingerprint density at radius 3 is 2.45 bits per heavy atom. The van der Waals surface area contributed by atoms with Crippen molar-refractivity contribution < 1.29 is 13.5 Å². The van der Waals surface area contributed by atoms with Crippen LogP contribution < -0.4 is 0 Å². The van der Waals surface area contributed by atoms with Crippen molar-refractivity contribution >= 4 is 10.0 Å². The van der Waals surface area contributed by atoms with Gasteiger partial charge in [-0.2, -0.15) is 0 Å². The van der Waals surface area contributed by atoms with Gasteiger partial charge in [0, 0.05) is 13.6 Å². The van der Waals surface area contributed by atoms with Crippen LogP contribution in [-0.2, 0) is 16.6 Å². The van der Waals surface area contributed by atoms with Gasteiger partial charge in [0.05, 0.1) is 11.5 Å². The average molecular weight is 297 g/mol. The molecule has 1 aliphatic carbocycles. The lowest BCUT2D eigenvalue weighted by Crippen LogP contribution is -2.30. The molecule has 1 saturated carbocycles. The quantitative estimate of drug-likeness (QED) is 0.905. The summed E-state index contributed by atoms with van der Waals surface area (Å²) in [6.07, 6.45) is 1.11. The number of hydrogen-bond acceptors (Lipinski definition) is 3. The molecule has 0 bridgehead atoms. The van der Waals surface area contributed by atoms with Gasteiger partial charge in [0.15, 0.2) is 0 Å². The standard InChI is InChI=1S/C15H23NO3S/c1-10-5-13(9-17)7-15(12(10)3)20(18,19)16(4)8-14-6-11(14)2/h5,7,11,14,17H,6,8-9H2,1-4H3. The van der Waals surface area contributed by atoms with Crippen LogP contribution in [0.3, 0.4) is 0 Å². The topological polar surface area (TPSA) is 57.6 Å². The van der Waals surface area contributed by atoms with Crippen LogP contribution in [-0.4, -0.2) is 31.4 Å². The highest BCUT2D eigenvalue weighted by Gasteiger charge is 2.36. The summed E-state index contributed by atoms with van der Waals surface area (Å²) in [6, 6.07) is 3.42. The monoisotopic (exact) mass is 297 g/mol. The van der Waals surface area contributed by atoms with Gasteiger partial charge in [-0.1, -0.05) is 13.0 Å². The highest BCUT2D eigenvalue weighted by molar-refractivity contribution is 7.89. The van der Waals surface area contributed by atoms with Gasteiger partial charge in [-0.3, -0.25) is 0 Å². The Labute approximate surface area is 121 Å². The summed E-state index contributed by atoms with van der Waals surface area (Å²) in [5, 5.41) is 9.26. The first-order valence-electron chi connectivity index (χ1n) is 6.94. The molecule has 1 aliphatic rings. The summed E-state index contributed by atoms with van der Waals surface area (Å²) >= 11 is 0. The molecule has 0 radical (unpaired) electrons. The van der Waals surface area contributed by atoms with Gasteiger partial charge in [-0.05, 0) is 54.9 Å². The molecule has 2 atom stereocenters. The predicted molar refractivity (Wildman–Crippen MR) is 78.9 cm³/mol. The normalized spacial score (nSPS) is 22.3. The van der Waals surface area contributed by atoms with E-state index in [1.807, 2.05) is 19.9 Å². The number of sulfonamides is 1. The minimum Gasteiger partial charge on any atom is -0.392 e. The van der Waals surface area contributed by atoms with E-state index >= 15 is 0 Å². The fourth-order valence-corrected chi connectivity index (χ4v) is 4.08. The first kappa shape index (κ1) is 15.5. The van der Waals surface area contributed by atoms with Crippen molar-refractivity contribution in [1.29, 1.82) is 0 Å². The first-order valence-corrected chi connectivity index (χ1v) is 8.38. The molecular weight excluding hydrogens is 274 g/mol. The first-order chi connectivity index (χ1) is 9.27. The molecule has 0 heterocycles. The Kier molecular flexibility index (Phi) is 4.23. The van der Waals surface area contributed by atoms with Gasteiger partial charge in [0.25, 0.3) is 0 Å². The molecule has 20 heavy (non-hydrogen) atoms. The molecule has 2 rings (SSSR count). The maximum atomic E-state index is 12.7. The van der Waals surface area contributed by atoms with Gasteiger partial charge >= 0.3 is 0 Å². The number of benzene rings is 1. The Balaban J connectivity index is 2.35. The lowest BCUT2D eigenvalue weighted by Gasteiger charge is -2.20. The van der Waals surface area contributed by atoms with E-state index < -0.39 is 10.0 Å². The summed E-state index contributed by atoms with van der Waals surface area (Å²) < 4.78 is 26.8. The average Bonchev–Trinajstić information content (AvgIpc) is 3.07. The van der Waals surface area contributed by atoms with Crippen molar-refractivity contribution in [2.24, 2.45) is 11.8 Å². The predicted octanol–water partition coefficient (Wildman–Crippen LogP) is 2.07. The zero-order valence-corrected chi connectivity index (χ0v) is 13.4. The number of aliphatic hydroxyl groups is 1. The Hall–Kier alpha value is -0.910. The molecule has 0 spiro atoms. The largest absolute Gasteiger partial charge is 0.392 e. The molecule has 0 saturated heterocycles. The highest BCUT2D eigenvalue weighted by atomic mass is 32.2. The van der Waals surface area contributed by atoms with Crippen molar-refractivity contribution in [3.63, 3.8) is 0 Å². The van der Waals surface area contributed by atoms with E-state index in [9.17, 15) is 13.5 Å². The van der Waals surface area contributed by atoms with E-state index in [4.69, 9.17) is 0 Å². The second-order valence-corrected chi connectivity index (χ2v) is 7.97. The van der Waals surface area contributed by atoms with E-state index in [1.54, 1.807) is 13.1 Å². The number of aryl methyl sites for hydroxylation is 1. The second-order valence-electron chi connectivity index (χ2n) is 5.95. The van der Waals surface area contributed by atoms with Crippen molar-refractivity contribution in [2.75, 3.05) is 13.6 Å². The number of rotatable bonds is 5. The number of aliphatic hydroxyl groups excluding tert-OH is 1. The third-order valence-electron chi connectivity index (χ3n) is 4.32. The Morgan fingerprint density at radius 1 is 1.35 bits per heavy atom.